The van der Waals surface area contributed by atoms with E-state index in [2.05, 4.69) is 26.3 Å². The number of benzene rings is 1. The number of hydrogen-bond acceptors (Lipinski definition) is 5. The lowest BCUT2D eigenvalue weighted by molar-refractivity contribution is 0.264. The molecule has 112 valence electrons. The first-order chi connectivity index (χ1) is 10.8. The van der Waals surface area contributed by atoms with E-state index in [4.69, 9.17) is 16.9 Å². The Hall–Kier alpha value is -2.16. The van der Waals surface area contributed by atoms with Gasteiger partial charge < -0.3 is 5.32 Å². The third-order valence-corrected chi connectivity index (χ3v) is 4.17. The van der Waals surface area contributed by atoms with Crippen LogP contribution in [-0.2, 0) is 13.0 Å². The topological polar surface area (TPSA) is 64.8 Å². The molecule has 3 rings (SSSR count). The van der Waals surface area contributed by atoms with E-state index in [1.165, 1.54) is 17.3 Å². The summed E-state index contributed by atoms with van der Waals surface area (Å²) < 4.78 is 0. The minimum Gasteiger partial charge on any atom is -0.366 e. The number of nitrogens with zero attached hydrogens (tertiary/aromatic N) is 4. The molecule has 1 aliphatic rings. The molecule has 1 aromatic heterocycles. The van der Waals surface area contributed by atoms with Gasteiger partial charge in [0, 0.05) is 43.6 Å². The highest BCUT2D eigenvalue weighted by atomic mass is 35.5. The van der Waals surface area contributed by atoms with Crippen molar-refractivity contribution in [3.63, 3.8) is 0 Å². The number of fused-ring (bicyclic) bond motifs is 1. The molecule has 0 saturated heterocycles. The maximum atomic E-state index is 8.99. The van der Waals surface area contributed by atoms with Crippen molar-refractivity contribution in [1.82, 2.24) is 14.9 Å². The number of hydrogen-bond donors (Lipinski definition) is 1. The first-order valence-electron chi connectivity index (χ1n) is 7.21. The second-order valence-electron chi connectivity index (χ2n) is 5.20. The minimum atomic E-state index is 0.332. The molecule has 1 N–H and O–H groups in total. The fraction of sp³-hybridized carbons (Fsp3) is 0.312. The summed E-state index contributed by atoms with van der Waals surface area (Å²) >= 11 is 6.23. The molecule has 0 fully saturated rings. The zero-order chi connectivity index (χ0) is 15.4. The average Bonchev–Trinajstić information content (AvgIpc) is 2.55. The van der Waals surface area contributed by atoms with Crippen molar-refractivity contribution in [3.05, 3.63) is 52.4 Å². The zero-order valence-corrected chi connectivity index (χ0v) is 12.8. The van der Waals surface area contributed by atoms with Gasteiger partial charge in [0.15, 0.2) is 11.5 Å². The molecular formula is C16H16ClN5. The SMILES string of the molecule is N#Cc1nccnc1NCCN1CCc2c(Cl)cccc2C1. The number of rotatable bonds is 4. The molecule has 2 aromatic rings. The van der Waals surface area contributed by atoms with Gasteiger partial charge in [-0.15, -0.1) is 0 Å². The van der Waals surface area contributed by atoms with Crippen LogP contribution >= 0.6 is 11.6 Å². The van der Waals surface area contributed by atoms with Crippen molar-refractivity contribution < 1.29 is 0 Å². The minimum absolute atomic E-state index is 0.332. The molecule has 0 unspecified atom stereocenters. The Morgan fingerprint density at radius 3 is 3.05 bits per heavy atom. The monoisotopic (exact) mass is 313 g/mol. The molecule has 0 amide bonds. The second-order valence-corrected chi connectivity index (χ2v) is 5.60. The number of anilines is 1. The largest absolute Gasteiger partial charge is 0.366 e. The number of nitrogens with one attached hydrogen (secondary N) is 1. The maximum absolute atomic E-state index is 8.99. The number of halogens is 1. The summed E-state index contributed by atoms with van der Waals surface area (Å²) in [6, 6.07) is 8.13. The van der Waals surface area contributed by atoms with Crippen LogP contribution in [0.25, 0.3) is 0 Å². The van der Waals surface area contributed by atoms with Crippen molar-refractivity contribution in [2.24, 2.45) is 0 Å². The van der Waals surface area contributed by atoms with Gasteiger partial charge in [-0.3, -0.25) is 4.90 Å². The standard InChI is InChI=1S/C16H16ClN5/c17-14-3-1-2-12-11-22(8-4-13(12)14)9-7-21-16-15(10-18)19-5-6-20-16/h1-3,5-6H,4,7-9,11H2,(H,20,21). The van der Waals surface area contributed by atoms with Crippen molar-refractivity contribution >= 4 is 17.4 Å². The van der Waals surface area contributed by atoms with E-state index in [0.29, 0.717) is 11.5 Å². The van der Waals surface area contributed by atoms with Gasteiger partial charge in [-0.2, -0.15) is 5.26 Å². The molecule has 1 aliphatic heterocycles. The van der Waals surface area contributed by atoms with Crippen LogP contribution in [0, 0.1) is 11.3 Å². The maximum Gasteiger partial charge on any atom is 0.182 e. The molecule has 0 saturated carbocycles. The smallest absolute Gasteiger partial charge is 0.182 e. The Labute approximate surface area is 134 Å². The summed E-state index contributed by atoms with van der Waals surface area (Å²) in [4.78, 5) is 10.5. The third-order valence-electron chi connectivity index (χ3n) is 3.81. The van der Waals surface area contributed by atoms with Crippen molar-refractivity contribution in [3.8, 4) is 6.07 Å². The Morgan fingerprint density at radius 1 is 1.32 bits per heavy atom. The van der Waals surface area contributed by atoms with E-state index in [1.807, 2.05) is 18.2 Å². The summed E-state index contributed by atoms with van der Waals surface area (Å²) in [7, 11) is 0. The molecule has 1 aromatic carbocycles. The number of aromatic nitrogens is 2. The van der Waals surface area contributed by atoms with Crippen LogP contribution in [0.4, 0.5) is 5.82 Å². The highest BCUT2D eigenvalue weighted by Gasteiger charge is 2.17. The van der Waals surface area contributed by atoms with Crippen molar-refractivity contribution in [2.75, 3.05) is 25.0 Å². The van der Waals surface area contributed by atoms with Gasteiger partial charge >= 0.3 is 0 Å². The van der Waals surface area contributed by atoms with Gasteiger partial charge in [0.05, 0.1) is 0 Å². The van der Waals surface area contributed by atoms with Crippen LogP contribution in [-0.4, -0.2) is 34.5 Å². The van der Waals surface area contributed by atoms with E-state index in [9.17, 15) is 0 Å². The Bertz CT molecular complexity index is 710. The fourth-order valence-electron chi connectivity index (χ4n) is 2.69. The van der Waals surface area contributed by atoms with Crippen LogP contribution < -0.4 is 5.32 Å². The average molecular weight is 314 g/mol. The predicted molar refractivity (Wildman–Crippen MR) is 85.7 cm³/mol. The van der Waals surface area contributed by atoms with Crippen molar-refractivity contribution in [2.45, 2.75) is 13.0 Å². The van der Waals surface area contributed by atoms with Crippen LogP contribution in [0.2, 0.25) is 5.02 Å². The van der Waals surface area contributed by atoms with E-state index in [-0.39, 0.29) is 0 Å². The number of nitriles is 1. The van der Waals surface area contributed by atoms with Gasteiger partial charge in [0.2, 0.25) is 0 Å². The molecule has 22 heavy (non-hydrogen) atoms. The summed E-state index contributed by atoms with van der Waals surface area (Å²) in [6.07, 6.45) is 4.08. The summed E-state index contributed by atoms with van der Waals surface area (Å²) in [5.41, 5.74) is 2.91. The van der Waals surface area contributed by atoms with E-state index >= 15 is 0 Å². The fourth-order valence-corrected chi connectivity index (χ4v) is 2.98. The van der Waals surface area contributed by atoms with Gasteiger partial charge in [0.25, 0.3) is 0 Å². The predicted octanol–water partition coefficient (Wildman–Crippen LogP) is 2.47. The Kier molecular flexibility index (Phi) is 4.52. The second kappa shape index (κ2) is 6.73. The van der Waals surface area contributed by atoms with Gasteiger partial charge in [-0.1, -0.05) is 23.7 Å². The van der Waals surface area contributed by atoms with Crippen LogP contribution in [0.15, 0.2) is 30.6 Å². The zero-order valence-electron chi connectivity index (χ0n) is 12.1. The molecule has 0 atom stereocenters. The van der Waals surface area contributed by atoms with E-state index in [0.717, 1.165) is 37.6 Å². The highest BCUT2D eigenvalue weighted by molar-refractivity contribution is 6.31. The lowest BCUT2D eigenvalue weighted by Crippen LogP contribution is -2.34. The molecule has 0 bridgehead atoms. The summed E-state index contributed by atoms with van der Waals surface area (Å²) in [5.74, 6) is 0.547. The van der Waals surface area contributed by atoms with Crippen molar-refractivity contribution in [1.29, 1.82) is 5.26 Å². The molecule has 2 heterocycles. The third kappa shape index (κ3) is 3.19. The van der Waals surface area contributed by atoms with Crippen LogP contribution in [0.3, 0.4) is 0 Å². The van der Waals surface area contributed by atoms with Crippen LogP contribution in [0.1, 0.15) is 16.8 Å². The molecular weight excluding hydrogens is 298 g/mol. The lowest BCUT2D eigenvalue weighted by atomic mass is 10.00. The van der Waals surface area contributed by atoms with Crippen LogP contribution in [0.5, 0.6) is 0 Å². The first-order valence-corrected chi connectivity index (χ1v) is 7.59. The summed E-state index contributed by atoms with van der Waals surface area (Å²) in [6.45, 7) is 3.50. The highest BCUT2D eigenvalue weighted by Crippen LogP contribution is 2.25. The molecule has 5 nitrogen and oxygen atoms in total. The molecule has 0 spiro atoms. The van der Waals surface area contributed by atoms with Gasteiger partial charge in [0.1, 0.15) is 6.07 Å². The van der Waals surface area contributed by atoms with Gasteiger partial charge in [-0.25, -0.2) is 9.97 Å². The summed E-state index contributed by atoms with van der Waals surface area (Å²) in [5, 5.41) is 13.0. The lowest BCUT2D eigenvalue weighted by Gasteiger charge is -2.29. The van der Waals surface area contributed by atoms with Gasteiger partial charge in [-0.05, 0) is 23.6 Å². The normalized spacial score (nSPS) is 14.2. The van der Waals surface area contributed by atoms with E-state index in [1.54, 1.807) is 6.20 Å². The molecule has 0 aliphatic carbocycles. The molecule has 6 heteroatoms. The Morgan fingerprint density at radius 2 is 2.18 bits per heavy atom. The Balaban J connectivity index is 1.56. The molecule has 0 radical (unpaired) electrons. The first kappa shape index (κ1) is 14.8. The van der Waals surface area contributed by atoms with E-state index < -0.39 is 0 Å². The quantitative estimate of drug-likeness (QED) is 0.939.